The lowest BCUT2D eigenvalue weighted by molar-refractivity contribution is -0.158. The molecule has 0 saturated heterocycles. The third-order valence-electron chi connectivity index (χ3n) is 6.57. The van der Waals surface area contributed by atoms with E-state index in [2.05, 4.69) is 24.4 Å². The van der Waals surface area contributed by atoms with Gasteiger partial charge in [-0.25, -0.2) is 0 Å². The minimum atomic E-state index is -0.258. The Morgan fingerprint density at radius 2 is 2.05 bits per heavy atom. The largest absolute Gasteiger partial charge is 0.392 e. The minimum Gasteiger partial charge on any atom is -0.392 e. The molecule has 21 heavy (non-hydrogen) atoms. The van der Waals surface area contributed by atoms with Crippen molar-refractivity contribution in [1.29, 1.82) is 0 Å². The molecule has 0 radical (unpaired) electrons. The minimum absolute atomic E-state index is 0.129. The van der Waals surface area contributed by atoms with Crippen LogP contribution in [0.25, 0.3) is 0 Å². The van der Waals surface area contributed by atoms with Gasteiger partial charge < -0.3 is 10.8 Å². The molecule has 0 spiro atoms. The predicted molar refractivity (Wildman–Crippen MR) is 87.3 cm³/mol. The van der Waals surface area contributed by atoms with Crippen molar-refractivity contribution in [2.75, 3.05) is 6.54 Å². The number of rotatable bonds is 4. The van der Waals surface area contributed by atoms with Gasteiger partial charge in [-0.05, 0) is 72.6 Å². The second kappa shape index (κ2) is 4.81. The molecule has 4 saturated carbocycles. The van der Waals surface area contributed by atoms with Gasteiger partial charge in [0.1, 0.15) is 0 Å². The van der Waals surface area contributed by atoms with Crippen molar-refractivity contribution in [3.63, 3.8) is 0 Å². The standard InChI is InChI=1S/C18H27NOS/c1-17-6-12-5-13(7-17)9-18(8-12,11-17)16(20)14(10-19)15-3-2-4-21-15/h2-4,12-14,16,20H,5-11,19H2,1H3. The van der Waals surface area contributed by atoms with Gasteiger partial charge in [0.2, 0.25) is 0 Å². The van der Waals surface area contributed by atoms with E-state index in [4.69, 9.17) is 5.73 Å². The molecule has 2 nitrogen and oxygen atoms in total. The first-order chi connectivity index (χ1) is 10.0. The van der Waals surface area contributed by atoms with Crippen molar-refractivity contribution in [3.8, 4) is 0 Å². The summed E-state index contributed by atoms with van der Waals surface area (Å²) in [5.74, 6) is 1.84. The molecular weight excluding hydrogens is 278 g/mol. The summed E-state index contributed by atoms with van der Waals surface area (Å²) in [6.07, 6.45) is 7.64. The monoisotopic (exact) mass is 305 g/mol. The molecule has 0 amide bonds. The molecule has 4 fully saturated rings. The van der Waals surface area contributed by atoms with Crippen molar-refractivity contribution >= 4 is 11.3 Å². The Balaban J connectivity index is 1.65. The first-order valence-electron chi connectivity index (χ1n) is 8.45. The van der Waals surface area contributed by atoms with Gasteiger partial charge in [0.25, 0.3) is 0 Å². The maximum absolute atomic E-state index is 11.3. The Morgan fingerprint density at radius 3 is 2.57 bits per heavy atom. The molecule has 4 aliphatic carbocycles. The maximum Gasteiger partial charge on any atom is 0.0685 e. The molecule has 116 valence electrons. The Kier molecular flexibility index (Phi) is 3.26. The van der Waals surface area contributed by atoms with E-state index >= 15 is 0 Å². The van der Waals surface area contributed by atoms with Crippen LogP contribution < -0.4 is 5.73 Å². The van der Waals surface area contributed by atoms with E-state index in [0.717, 1.165) is 11.8 Å². The number of hydrogen-bond acceptors (Lipinski definition) is 3. The molecular formula is C18H27NOS. The molecule has 1 aromatic heterocycles. The van der Waals surface area contributed by atoms with Crippen LogP contribution in [0.2, 0.25) is 0 Å². The van der Waals surface area contributed by atoms with E-state index in [1.807, 2.05) is 0 Å². The lowest BCUT2D eigenvalue weighted by atomic mass is 9.43. The quantitative estimate of drug-likeness (QED) is 0.889. The van der Waals surface area contributed by atoms with Crippen LogP contribution in [0.4, 0.5) is 0 Å². The van der Waals surface area contributed by atoms with E-state index in [9.17, 15) is 5.11 Å². The molecule has 3 N–H and O–H groups in total. The fourth-order valence-electron chi connectivity index (χ4n) is 6.47. The summed E-state index contributed by atoms with van der Waals surface area (Å²) < 4.78 is 0. The average molecular weight is 305 g/mol. The van der Waals surface area contributed by atoms with E-state index < -0.39 is 0 Å². The molecule has 4 aliphatic rings. The summed E-state index contributed by atoms with van der Waals surface area (Å²) in [5.41, 5.74) is 6.69. The van der Waals surface area contributed by atoms with Gasteiger partial charge in [-0.1, -0.05) is 13.0 Å². The zero-order chi connectivity index (χ0) is 14.7. The van der Waals surface area contributed by atoms with Crippen LogP contribution in [-0.4, -0.2) is 17.8 Å². The number of thiophene rings is 1. The third-order valence-corrected chi connectivity index (χ3v) is 7.57. The average Bonchev–Trinajstić information content (AvgIpc) is 2.90. The van der Waals surface area contributed by atoms with Gasteiger partial charge in [-0.2, -0.15) is 0 Å². The van der Waals surface area contributed by atoms with Crippen LogP contribution in [0.3, 0.4) is 0 Å². The van der Waals surface area contributed by atoms with Gasteiger partial charge in [0.05, 0.1) is 6.10 Å². The van der Waals surface area contributed by atoms with Crippen LogP contribution in [0.5, 0.6) is 0 Å². The van der Waals surface area contributed by atoms with Crippen molar-refractivity contribution in [1.82, 2.24) is 0 Å². The zero-order valence-electron chi connectivity index (χ0n) is 12.9. The Hall–Kier alpha value is -0.380. The highest BCUT2D eigenvalue weighted by Crippen LogP contribution is 2.67. The van der Waals surface area contributed by atoms with Gasteiger partial charge in [0.15, 0.2) is 0 Å². The van der Waals surface area contributed by atoms with E-state index in [1.54, 1.807) is 11.3 Å². The number of aliphatic hydroxyl groups is 1. The van der Waals surface area contributed by atoms with Crippen molar-refractivity contribution in [2.45, 2.75) is 57.5 Å². The number of nitrogens with two attached hydrogens (primary N) is 1. The second-order valence-corrected chi connectivity index (χ2v) is 9.42. The Labute approximate surface area is 131 Å². The van der Waals surface area contributed by atoms with Crippen molar-refractivity contribution < 1.29 is 5.11 Å². The smallest absolute Gasteiger partial charge is 0.0685 e. The molecule has 4 atom stereocenters. The van der Waals surface area contributed by atoms with Crippen LogP contribution in [0.1, 0.15) is 56.2 Å². The summed E-state index contributed by atoms with van der Waals surface area (Å²) >= 11 is 1.75. The highest BCUT2D eigenvalue weighted by atomic mass is 32.1. The first kappa shape index (κ1) is 14.2. The Bertz CT molecular complexity index is 497. The summed E-state index contributed by atoms with van der Waals surface area (Å²) in [6.45, 7) is 3.03. The summed E-state index contributed by atoms with van der Waals surface area (Å²) in [4.78, 5) is 1.27. The summed E-state index contributed by atoms with van der Waals surface area (Å²) in [5, 5.41) is 13.4. The molecule has 1 heterocycles. The van der Waals surface area contributed by atoms with Crippen molar-refractivity contribution in [2.24, 2.45) is 28.4 Å². The molecule has 3 heteroatoms. The highest BCUT2D eigenvalue weighted by molar-refractivity contribution is 7.10. The lowest BCUT2D eigenvalue weighted by Gasteiger charge is -2.63. The number of aliphatic hydroxyl groups excluding tert-OH is 1. The lowest BCUT2D eigenvalue weighted by Crippen LogP contribution is -2.57. The van der Waals surface area contributed by atoms with Crippen LogP contribution >= 0.6 is 11.3 Å². The first-order valence-corrected chi connectivity index (χ1v) is 9.33. The topological polar surface area (TPSA) is 46.2 Å². The van der Waals surface area contributed by atoms with Crippen molar-refractivity contribution in [3.05, 3.63) is 22.4 Å². The molecule has 4 bridgehead atoms. The van der Waals surface area contributed by atoms with Crippen LogP contribution in [0, 0.1) is 22.7 Å². The Morgan fingerprint density at radius 1 is 1.33 bits per heavy atom. The number of hydrogen-bond donors (Lipinski definition) is 2. The van der Waals surface area contributed by atoms with Gasteiger partial charge >= 0.3 is 0 Å². The molecule has 5 rings (SSSR count). The van der Waals surface area contributed by atoms with Gasteiger partial charge in [-0.3, -0.25) is 0 Å². The maximum atomic E-state index is 11.3. The van der Waals surface area contributed by atoms with E-state index in [0.29, 0.717) is 12.0 Å². The molecule has 1 aromatic rings. The normalized spacial score (nSPS) is 44.0. The highest BCUT2D eigenvalue weighted by Gasteiger charge is 2.59. The molecule has 0 aliphatic heterocycles. The van der Waals surface area contributed by atoms with Crippen LogP contribution in [0.15, 0.2) is 17.5 Å². The summed E-state index contributed by atoms with van der Waals surface area (Å²) in [6, 6.07) is 4.23. The molecule has 4 unspecified atom stereocenters. The fourth-order valence-corrected chi connectivity index (χ4v) is 7.35. The third kappa shape index (κ3) is 2.20. The SMILES string of the molecule is CC12CC3CC(C1)CC(C(O)C(CN)c1cccs1)(C3)C2. The van der Waals surface area contributed by atoms with E-state index in [1.165, 1.54) is 43.4 Å². The predicted octanol–water partition coefficient (Wildman–Crippen LogP) is 3.76. The zero-order valence-corrected chi connectivity index (χ0v) is 13.7. The summed E-state index contributed by atoms with van der Waals surface area (Å²) in [7, 11) is 0. The van der Waals surface area contributed by atoms with Gasteiger partial charge in [-0.15, -0.1) is 11.3 Å². The molecule has 0 aromatic carbocycles. The fraction of sp³-hybridized carbons (Fsp3) is 0.778. The van der Waals surface area contributed by atoms with E-state index in [-0.39, 0.29) is 17.4 Å². The second-order valence-electron chi connectivity index (χ2n) is 8.44. The van der Waals surface area contributed by atoms with Crippen LogP contribution in [-0.2, 0) is 0 Å². The van der Waals surface area contributed by atoms with Gasteiger partial charge in [0, 0.05) is 17.3 Å².